The van der Waals surface area contributed by atoms with E-state index in [1.54, 1.807) is 7.11 Å². The fourth-order valence-electron chi connectivity index (χ4n) is 1.99. The van der Waals surface area contributed by atoms with Crippen molar-refractivity contribution in [3.8, 4) is 5.75 Å². The van der Waals surface area contributed by atoms with Gasteiger partial charge in [0.05, 0.1) is 19.3 Å². The largest absolute Gasteiger partial charge is 0.496 e. The molecule has 1 aliphatic heterocycles. The van der Waals surface area contributed by atoms with E-state index in [-0.39, 0.29) is 5.60 Å². The molecule has 1 saturated heterocycles. The molecule has 15 heavy (non-hydrogen) atoms. The normalized spacial score (nSPS) is 24.8. The minimum absolute atomic E-state index is 0.135. The molecule has 1 aliphatic rings. The van der Waals surface area contributed by atoms with Crippen molar-refractivity contribution >= 4 is 0 Å². The van der Waals surface area contributed by atoms with Crippen molar-refractivity contribution in [2.75, 3.05) is 13.7 Å². The maximum atomic E-state index is 5.66. The van der Waals surface area contributed by atoms with Crippen molar-refractivity contribution in [1.29, 1.82) is 0 Å². The molecule has 0 N–H and O–H groups in total. The van der Waals surface area contributed by atoms with Crippen molar-refractivity contribution in [3.05, 3.63) is 28.8 Å². The van der Waals surface area contributed by atoms with Gasteiger partial charge in [-0.2, -0.15) is 0 Å². The summed E-state index contributed by atoms with van der Waals surface area (Å²) in [4.78, 5) is 0. The Morgan fingerprint density at radius 1 is 1.27 bits per heavy atom. The maximum absolute atomic E-state index is 5.66. The summed E-state index contributed by atoms with van der Waals surface area (Å²) in [6, 6.07) is 4.28. The lowest BCUT2D eigenvalue weighted by Gasteiger charge is -2.40. The molecular formula is C13H18O2. The molecule has 0 radical (unpaired) electrons. The van der Waals surface area contributed by atoms with Crippen LogP contribution in [0.3, 0.4) is 0 Å². The number of hydrogen-bond donors (Lipinski definition) is 0. The minimum atomic E-state index is -0.135. The zero-order valence-electron chi connectivity index (χ0n) is 9.89. The molecule has 1 atom stereocenters. The molecule has 1 fully saturated rings. The molecular weight excluding hydrogens is 188 g/mol. The third-order valence-electron chi connectivity index (χ3n) is 3.39. The highest BCUT2D eigenvalue weighted by Crippen LogP contribution is 2.42. The fraction of sp³-hybridized carbons (Fsp3) is 0.538. The van der Waals surface area contributed by atoms with E-state index in [9.17, 15) is 0 Å². The van der Waals surface area contributed by atoms with Gasteiger partial charge >= 0.3 is 0 Å². The molecule has 1 unspecified atom stereocenters. The number of ether oxygens (including phenoxy) is 2. The summed E-state index contributed by atoms with van der Waals surface area (Å²) in [5.74, 6) is 0.945. The first-order valence-corrected chi connectivity index (χ1v) is 5.36. The Balaban J connectivity index is 2.49. The van der Waals surface area contributed by atoms with Gasteiger partial charge in [0.25, 0.3) is 0 Å². The van der Waals surface area contributed by atoms with Crippen molar-refractivity contribution in [2.45, 2.75) is 32.8 Å². The second-order valence-corrected chi connectivity index (χ2v) is 4.47. The van der Waals surface area contributed by atoms with Crippen LogP contribution in [0.5, 0.6) is 5.75 Å². The Bertz CT molecular complexity index is 378. The number of benzene rings is 1. The molecule has 1 aromatic rings. The molecule has 2 rings (SSSR count). The minimum Gasteiger partial charge on any atom is -0.496 e. The number of hydrogen-bond acceptors (Lipinski definition) is 2. The smallest absolute Gasteiger partial charge is 0.125 e. The van der Waals surface area contributed by atoms with Gasteiger partial charge in [0.1, 0.15) is 5.75 Å². The fourth-order valence-corrected chi connectivity index (χ4v) is 1.99. The maximum Gasteiger partial charge on any atom is 0.125 e. The van der Waals surface area contributed by atoms with Gasteiger partial charge in [-0.3, -0.25) is 0 Å². The van der Waals surface area contributed by atoms with Gasteiger partial charge in [0.2, 0.25) is 0 Å². The van der Waals surface area contributed by atoms with Crippen LogP contribution in [0.1, 0.15) is 30.0 Å². The summed E-state index contributed by atoms with van der Waals surface area (Å²) in [5.41, 5.74) is 3.60. The van der Waals surface area contributed by atoms with Gasteiger partial charge in [0.15, 0.2) is 0 Å². The first kappa shape index (κ1) is 10.5. The summed E-state index contributed by atoms with van der Waals surface area (Å²) in [6.07, 6.45) is 1.08. The lowest BCUT2D eigenvalue weighted by atomic mass is 9.86. The van der Waals surface area contributed by atoms with Crippen LogP contribution < -0.4 is 4.74 Å². The summed E-state index contributed by atoms with van der Waals surface area (Å²) in [5, 5.41) is 0. The van der Waals surface area contributed by atoms with Gasteiger partial charge < -0.3 is 9.47 Å². The van der Waals surface area contributed by atoms with Crippen LogP contribution in [0.2, 0.25) is 0 Å². The van der Waals surface area contributed by atoms with E-state index < -0.39 is 0 Å². The quantitative estimate of drug-likeness (QED) is 0.740. The topological polar surface area (TPSA) is 18.5 Å². The molecule has 0 spiro atoms. The number of rotatable bonds is 2. The van der Waals surface area contributed by atoms with Crippen LogP contribution in [-0.2, 0) is 10.3 Å². The van der Waals surface area contributed by atoms with E-state index >= 15 is 0 Å². The SMILES string of the molecule is COc1cc(C)c(C)cc1C1(C)CCO1. The lowest BCUT2D eigenvalue weighted by molar-refractivity contribution is -0.141. The van der Waals surface area contributed by atoms with Gasteiger partial charge in [-0.1, -0.05) is 0 Å². The van der Waals surface area contributed by atoms with Gasteiger partial charge in [-0.25, -0.2) is 0 Å². The molecule has 2 nitrogen and oxygen atoms in total. The molecule has 1 aromatic carbocycles. The van der Waals surface area contributed by atoms with E-state index in [1.165, 1.54) is 16.7 Å². The third kappa shape index (κ3) is 1.63. The molecule has 0 bridgehead atoms. The van der Waals surface area contributed by atoms with Crippen molar-refractivity contribution < 1.29 is 9.47 Å². The summed E-state index contributed by atoms with van der Waals surface area (Å²) >= 11 is 0. The third-order valence-corrected chi connectivity index (χ3v) is 3.39. The Morgan fingerprint density at radius 3 is 2.33 bits per heavy atom. The van der Waals surface area contributed by atoms with Crippen LogP contribution >= 0.6 is 0 Å². The van der Waals surface area contributed by atoms with Crippen LogP contribution in [0.15, 0.2) is 12.1 Å². The molecule has 1 heterocycles. The van der Waals surface area contributed by atoms with Gasteiger partial charge in [-0.15, -0.1) is 0 Å². The Morgan fingerprint density at radius 2 is 1.87 bits per heavy atom. The van der Waals surface area contributed by atoms with Crippen LogP contribution in [0.4, 0.5) is 0 Å². The van der Waals surface area contributed by atoms with E-state index in [2.05, 4.69) is 32.9 Å². The average molecular weight is 206 g/mol. The molecule has 0 amide bonds. The van der Waals surface area contributed by atoms with Crippen LogP contribution in [0.25, 0.3) is 0 Å². The summed E-state index contributed by atoms with van der Waals surface area (Å²) < 4.78 is 11.1. The zero-order valence-corrected chi connectivity index (χ0v) is 9.89. The van der Waals surface area contributed by atoms with Crippen LogP contribution in [0, 0.1) is 13.8 Å². The second kappa shape index (κ2) is 3.53. The van der Waals surface area contributed by atoms with Gasteiger partial charge in [-0.05, 0) is 44.0 Å². The zero-order chi connectivity index (χ0) is 11.1. The standard InChI is InChI=1S/C13H18O2/c1-9-7-11(13(3)5-6-15-13)12(14-4)8-10(9)2/h7-8H,5-6H2,1-4H3. The van der Waals surface area contributed by atoms with E-state index in [0.29, 0.717) is 0 Å². The predicted octanol–water partition coefficient (Wildman–Crippen LogP) is 2.95. The first-order chi connectivity index (χ1) is 7.07. The highest BCUT2D eigenvalue weighted by Gasteiger charge is 2.37. The van der Waals surface area contributed by atoms with Crippen molar-refractivity contribution in [1.82, 2.24) is 0 Å². The molecule has 82 valence electrons. The lowest BCUT2D eigenvalue weighted by Crippen LogP contribution is -2.38. The molecule has 0 aromatic heterocycles. The first-order valence-electron chi connectivity index (χ1n) is 5.36. The monoisotopic (exact) mass is 206 g/mol. The predicted molar refractivity (Wildman–Crippen MR) is 60.4 cm³/mol. The average Bonchev–Trinajstić information content (AvgIpc) is 2.18. The Kier molecular flexibility index (Phi) is 2.47. The highest BCUT2D eigenvalue weighted by molar-refractivity contribution is 5.45. The summed E-state index contributed by atoms with van der Waals surface area (Å²) in [6.45, 7) is 7.21. The molecule has 0 saturated carbocycles. The number of methoxy groups -OCH3 is 1. The van der Waals surface area contributed by atoms with Crippen molar-refractivity contribution in [2.24, 2.45) is 0 Å². The molecule has 2 heteroatoms. The van der Waals surface area contributed by atoms with E-state index in [1.807, 2.05) is 0 Å². The second-order valence-electron chi connectivity index (χ2n) is 4.47. The van der Waals surface area contributed by atoms with E-state index in [0.717, 1.165) is 18.8 Å². The molecule has 0 aliphatic carbocycles. The van der Waals surface area contributed by atoms with Crippen molar-refractivity contribution in [3.63, 3.8) is 0 Å². The van der Waals surface area contributed by atoms with Gasteiger partial charge in [0, 0.05) is 12.0 Å². The highest BCUT2D eigenvalue weighted by atomic mass is 16.5. The van der Waals surface area contributed by atoms with E-state index in [4.69, 9.17) is 9.47 Å². The Labute approximate surface area is 91.2 Å². The number of aryl methyl sites for hydroxylation is 2. The Hall–Kier alpha value is -1.02. The van der Waals surface area contributed by atoms with Crippen LogP contribution in [-0.4, -0.2) is 13.7 Å². The summed E-state index contributed by atoms with van der Waals surface area (Å²) in [7, 11) is 1.72.